The van der Waals surface area contributed by atoms with Gasteiger partial charge in [0, 0.05) is 25.3 Å². The van der Waals surface area contributed by atoms with Crippen molar-refractivity contribution in [2.75, 3.05) is 18.0 Å². The monoisotopic (exact) mass is 276 g/mol. The lowest BCUT2D eigenvalue weighted by Gasteiger charge is -2.29. The number of benzene rings is 1. The van der Waals surface area contributed by atoms with Crippen LogP contribution in [0.15, 0.2) is 18.2 Å². The Kier molecular flexibility index (Phi) is 7.08. The van der Waals surface area contributed by atoms with E-state index in [0.29, 0.717) is 6.54 Å². The lowest BCUT2D eigenvalue weighted by molar-refractivity contribution is 0.534. The van der Waals surface area contributed by atoms with Crippen LogP contribution in [-0.2, 0) is 6.54 Å². The molecule has 1 aromatic rings. The third kappa shape index (κ3) is 5.54. The number of aryl methyl sites for hydroxylation is 1. The fourth-order valence-electron chi connectivity index (χ4n) is 2.32. The van der Waals surface area contributed by atoms with Gasteiger partial charge in [0.15, 0.2) is 0 Å². The Morgan fingerprint density at radius 2 is 1.55 bits per heavy atom. The third-order valence-corrected chi connectivity index (χ3v) is 3.75. The smallest absolute Gasteiger partial charge is 0.0414 e. The lowest BCUT2D eigenvalue weighted by atomic mass is 10.0. The molecule has 0 heterocycles. The Balaban J connectivity index is 2.92. The number of rotatable bonds is 8. The van der Waals surface area contributed by atoms with Crippen molar-refractivity contribution >= 4 is 5.69 Å². The minimum atomic E-state index is 0.621. The molecule has 0 unspecified atom stereocenters. The maximum atomic E-state index is 5.92. The molecule has 2 N–H and O–H groups in total. The summed E-state index contributed by atoms with van der Waals surface area (Å²) in [5.74, 6) is 1.48. The van der Waals surface area contributed by atoms with E-state index in [0.717, 1.165) is 24.9 Å². The minimum absolute atomic E-state index is 0.621. The second-order valence-electron chi connectivity index (χ2n) is 6.69. The van der Waals surface area contributed by atoms with Gasteiger partial charge in [-0.05, 0) is 48.8 Å². The van der Waals surface area contributed by atoms with E-state index in [2.05, 4.69) is 57.7 Å². The summed E-state index contributed by atoms with van der Waals surface area (Å²) in [4.78, 5) is 2.54. The van der Waals surface area contributed by atoms with Gasteiger partial charge in [0.2, 0.25) is 0 Å². The van der Waals surface area contributed by atoms with Gasteiger partial charge in [0.1, 0.15) is 0 Å². The van der Waals surface area contributed by atoms with Crippen LogP contribution >= 0.6 is 0 Å². The van der Waals surface area contributed by atoms with Crippen LogP contribution in [0.4, 0.5) is 5.69 Å². The molecular formula is C18H32N2. The van der Waals surface area contributed by atoms with Crippen LogP contribution in [0.2, 0.25) is 0 Å². The van der Waals surface area contributed by atoms with Gasteiger partial charge >= 0.3 is 0 Å². The summed E-state index contributed by atoms with van der Waals surface area (Å²) in [6.45, 7) is 14.2. The van der Waals surface area contributed by atoms with Crippen LogP contribution < -0.4 is 10.6 Å². The van der Waals surface area contributed by atoms with Crippen molar-refractivity contribution in [3.05, 3.63) is 29.3 Å². The van der Waals surface area contributed by atoms with Gasteiger partial charge in [0.25, 0.3) is 0 Å². The molecule has 0 amide bonds. The van der Waals surface area contributed by atoms with E-state index < -0.39 is 0 Å². The molecule has 0 aromatic heterocycles. The van der Waals surface area contributed by atoms with Crippen molar-refractivity contribution in [3.8, 4) is 0 Å². The van der Waals surface area contributed by atoms with Crippen molar-refractivity contribution in [1.82, 2.24) is 0 Å². The van der Waals surface area contributed by atoms with Crippen molar-refractivity contribution in [3.63, 3.8) is 0 Å². The van der Waals surface area contributed by atoms with Crippen molar-refractivity contribution < 1.29 is 0 Å². The minimum Gasteiger partial charge on any atom is -0.371 e. The number of hydrogen-bond acceptors (Lipinski definition) is 2. The summed E-state index contributed by atoms with van der Waals surface area (Å²) in [6.07, 6.45) is 2.46. The second kappa shape index (κ2) is 8.31. The second-order valence-corrected chi connectivity index (χ2v) is 6.69. The van der Waals surface area contributed by atoms with E-state index in [9.17, 15) is 0 Å². The molecule has 1 aromatic carbocycles. The summed E-state index contributed by atoms with van der Waals surface area (Å²) in [6, 6.07) is 6.64. The fourth-order valence-corrected chi connectivity index (χ4v) is 2.32. The molecule has 0 bridgehead atoms. The predicted molar refractivity (Wildman–Crippen MR) is 90.2 cm³/mol. The molecule has 1 rings (SSSR count). The van der Waals surface area contributed by atoms with E-state index in [1.54, 1.807) is 0 Å². The molecule has 20 heavy (non-hydrogen) atoms. The molecule has 0 aliphatic heterocycles. The zero-order valence-electron chi connectivity index (χ0n) is 13.9. The summed E-state index contributed by atoms with van der Waals surface area (Å²) in [5.41, 5.74) is 9.85. The van der Waals surface area contributed by atoms with Crippen LogP contribution in [0.5, 0.6) is 0 Å². The quantitative estimate of drug-likeness (QED) is 0.764. The molecule has 0 aliphatic carbocycles. The third-order valence-electron chi connectivity index (χ3n) is 3.75. The van der Waals surface area contributed by atoms with Crippen LogP contribution in [0, 0.1) is 18.8 Å². The number of hydrogen-bond donors (Lipinski definition) is 1. The molecule has 114 valence electrons. The average Bonchev–Trinajstić information content (AvgIpc) is 2.38. The van der Waals surface area contributed by atoms with Crippen LogP contribution in [0.3, 0.4) is 0 Å². The summed E-state index contributed by atoms with van der Waals surface area (Å²) in [5, 5.41) is 0. The molecule has 0 saturated heterocycles. The topological polar surface area (TPSA) is 29.3 Å². The highest BCUT2D eigenvalue weighted by Gasteiger charge is 2.12. The Hall–Kier alpha value is -1.02. The van der Waals surface area contributed by atoms with Crippen molar-refractivity contribution in [2.45, 2.75) is 54.0 Å². The highest BCUT2D eigenvalue weighted by Crippen LogP contribution is 2.24. The van der Waals surface area contributed by atoms with Crippen LogP contribution in [0.25, 0.3) is 0 Å². The van der Waals surface area contributed by atoms with Gasteiger partial charge in [-0.3, -0.25) is 0 Å². The first-order valence-electron chi connectivity index (χ1n) is 7.98. The molecule has 0 radical (unpaired) electrons. The standard InChI is InChI=1S/C18H32N2/c1-14(2)8-10-20(11-9-15(3)4)18-12-16(5)6-7-17(18)13-19/h6-7,12,14-15H,8-11,13,19H2,1-5H3. The van der Waals surface area contributed by atoms with E-state index in [1.807, 2.05) is 0 Å². The fraction of sp³-hybridized carbons (Fsp3) is 0.667. The van der Waals surface area contributed by atoms with Crippen molar-refractivity contribution in [1.29, 1.82) is 0 Å². The Labute approximate surface area is 125 Å². The van der Waals surface area contributed by atoms with Gasteiger partial charge in [0.05, 0.1) is 0 Å². The lowest BCUT2D eigenvalue weighted by Crippen LogP contribution is -2.29. The zero-order valence-corrected chi connectivity index (χ0v) is 13.9. The molecule has 2 nitrogen and oxygen atoms in total. The molecule has 0 spiro atoms. The first kappa shape index (κ1) is 17.0. The van der Waals surface area contributed by atoms with Gasteiger partial charge in [-0.2, -0.15) is 0 Å². The largest absolute Gasteiger partial charge is 0.371 e. The van der Waals surface area contributed by atoms with Crippen LogP contribution in [-0.4, -0.2) is 13.1 Å². The average molecular weight is 276 g/mol. The first-order valence-corrected chi connectivity index (χ1v) is 7.98. The SMILES string of the molecule is Cc1ccc(CN)c(N(CCC(C)C)CCC(C)C)c1. The molecule has 2 heteroatoms. The van der Waals surface area contributed by atoms with Gasteiger partial charge in [-0.15, -0.1) is 0 Å². The van der Waals surface area contributed by atoms with Gasteiger partial charge in [-0.25, -0.2) is 0 Å². The molecule has 0 saturated carbocycles. The number of nitrogens with two attached hydrogens (primary N) is 1. The van der Waals surface area contributed by atoms with Crippen molar-refractivity contribution in [2.24, 2.45) is 17.6 Å². The van der Waals surface area contributed by atoms with E-state index >= 15 is 0 Å². The Morgan fingerprint density at radius 3 is 2.00 bits per heavy atom. The predicted octanol–water partition coefficient (Wildman–Crippen LogP) is 4.35. The van der Waals surface area contributed by atoms with E-state index in [-0.39, 0.29) is 0 Å². The normalized spacial score (nSPS) is 11.4. The highest BCUT2D eigenvalue weighted by molar-refractivity contribution is 5.55. The summed E-state index contributed by atoms with van der Waals surface area (Å²) < 4.78 is 0. The summed E-state index contributed by atoms with van der Waals surface area (Å²) >= 11 is 0. The van der Waals surface area contributed by atoms with Gasteiger partial charge in [-0.1, -0.05) is 39.8 Å². The maximum Gasteiger partial charge on any atom is 0.0414 e. The zero-order chi connectivity index (χ0) is 15.1. The first-order chi connectivity index (χ1) is 9.43. The molecular weight excluding hydrogens is 244 g/mol. The molecule has 0 aliphatic rings. The number of nitrogens with zero attached hydrogens (tertiary/aromatic N) is 1. The maximum absolute atomic E-state index is 5.92. The van der Waals surface area contributed by atoms with Crippen LogP contribution in [0.1, 0.15) is 51.7 Å². The highest BCUT2D eigenvalue weighted by atomic mass is 15.1. The van der Waals surface area contributed by atoms with E-state index in [1.165, 1.54) is 29.7 Å². The van der Waals surface area contributed by atoms with Gasteiger partial charge < -0.3 is 10.6 Å². The number of anilines is 1. The summed E-state index contributed by atoms with van der Waals surface area (Å²) in [7, 11) is 0. The van der Waals surface area contributed by atoms with E-state index in [4.69, 9.17) is 5.73 Å². The Morgan fingerprint density at radius 1 is 1.00 bits per heavy atom. The molecule has 0 atom stereocenters. The molecule has 0 fully saturated rings. The Bertz CT molecular complexity index is 384.